The number of benzene rings is 1. The molecule has 0 unspecified atom stereocenters. The summed E-state index contributed by atoms with van der Waals surface area (Å²) in [5, 5.41) is 9.59. The van der Waals surface area contributed by atoms with Crippen molar-refractivity contribution in [3.8, 4) is 0 Å². The Morgan fingerprint density at radius 3 is 3.11 bits per heavy atom. The maximum atomic E-state index is 12.2. The summed E-state index contributed by atoms with van der Waals surface area (Å²) in [6.07, 6.45) is 2.55. The number of carbonyl (C=O) groups excluding carboxylic acids is 1. The van der Waals surface area contributed by atoms with Gasteiger partial charge in [0.1, 0.15) is 5.82 Å². The lowest BCUT2D eigenvalue weighted by Gasteiger charge is -2.06. The third-order valence-corrected chi connectivity index (χ3v) is 3.32. The van der Waals surface area contributed by atoms with Crippen molar-refractivity contribution in [2.75, 3.05) is 5.32 Å². The van der Waals surface area contributed by atoms with Crippen LogP contribution in [0.2, 0.25) is 0 Å². The molecule has 2 aromatic rings. The Morgan fingerprint density at radius 2 is 2.26 bits per heavy atom. The van der Waals surface area contributed by atoms with Crippen LogP contribution in [0.5, 0.6) is 0 Å². The minimum absolute atomic E-state index is 0.131. The molecule has 0 saturated heterocycles. The fraction of sp³-hybridized carbons (Fsp3) is 0.286. The van der Waals surface area contributed by atoms with Crippen molar-refractivity contribution in [3.63, 3.8) is 0 Å². The van der Waals surface area contributed by atoms with Crippen molar-refractivity contribution in [2.45, 2.75) is 26.6 Å². The van der Waals surface area contributed by atoms with Gasteiger partial charge in [-0.05, 0) is 29.7 Å². The number of aromatic nitrogens is 2. The molecule has 2 heterocycles. The number of ether oxygens (including phenoxy) is 1. The van der Waals surface area contributed by atoms with E-state index in [-0.39, 0.29) is 5.91 Å². The number of amides is 1. The second-order valence-electron chi connectivity index (χ2n) is 4.55. The summed E-state index contributed by atoms with van der Waals surface area (Å²) in [5.41, 5.74) is 3.89. The standard InChI is InChI=1S/C14H15N3O2/c1-2-9-6-15-17-13(9)16-14(18)10-3-4-11-7-19-8-12(11)5-10/h3-6H,2,7-8H2,1H3,(H2,15,16,17,18). The number of hydrogen-bond acceptors (Lipinski definition) is 3. The Bertz CT molecular complexity index is 619. The Kier molecular flexibility index (Phi) is 3.05. The molecular formula is C14H15N3O2. The average molecular weight is 257 g/mol. The van der Waals surface area contributed by atoms with Crippen LogP contribution in [0.25, 0.3) is 0 Å². The van der Waals surface area contributed by atoms with Gasteiger partial charge >= 0.3 is 0 Å². The van der Waals surface area contributed by atoms with Crippen molar-refractivity contribution in [3.05, 3.63) is 46.6 Å². The van der Waals surface area contributed by atoms with E-state index < -0.39 is 0 Å². The highest BCUT2D eigenvalue weighted by Crippen LogP contribution is 2.21. The zero-order valence-corrected chi connectivity index (χ0v) is 10.7. The van der Waals surface area contributed by atoms with Crippen molar-refractivity contribution in [1.29, 1.82) is 0 Å². The first-order valence-electron chi connectivity index (χ1n) is 6.31. The molecule has 19 heavy (non-hydrogen) atoms. The Hall–Kier alpha value is -2.14. The number of carbonyl (C=O) groups is 1. The number of aromatic amines is 1. The zero-order valence-electron chi connectivity index (χ0n) is 10.7. The average Bonchev–Trinajstić information content (AvgIpc) is 3.05. The molecule has 1 aliphatic rings. The van der Waals surface area contributed by atoms with Crippen molar-refractivity contribution < 1.29 is 9.53 Å². The van der Waals surface area contributed by atoms with E-state index in [9.17, 15) is 4.79 Å². The fourth-order valence-electron chi connectivity index (χ4n) is 2.19. The Balaban J connectivity index is 1.81. The molecule has 5 heteroatoms. The van der Waals surface area contributed by atoms with Gasteiger partial charge < -0.3 is 10.1 Å². The Labute approximate surface area is 111 Å². The summed E-state index contributed by atoms with van der Waals surface area (Å²) < 4.78 is 5.34. The van der Waals surface area contributed by atoms with Gasteiger partial charge in [0, 0.05) is 11.1 Å². The monoisotopic (exact) mass is 257 g/mol. The summed E-state index contributed by atoms with van der Waals surface area (Å²) in [6, 6.07) is 5.66. The predicted molar refractivity (Wildman–Crippen MR) is 70.9 cm³/mol. The van der Waals surface area contributed by atoms with Crippen molar-refractivity contribution in [2.24, 2.45) is 0 Å². The molecule has 1 amide bonds. The van der Waals surface area contributed by atoms with E-state index in [2.05, 4.69) is 15.5 Å². The van der Waals surface area contributed by atoms with Crippen LogP contribution in [-0.2, 0) is 24.4 Å². The third kappa shape index (κ3) is 2.24. The van der Waals surface area contributed by atoms with E-state index >= 15 is 0 Å². The molecule has 0 bridgehead atoms. The molecule has 0 fully saturated rings. The number of aryl methyl sites for hydroxylation is 1. The van der Waals surface area contributed by atoms with E-state index in [0.29, 0.717) is 24.6 Å². The molecule has 3 rings (SSSR count). The van der Waals surface area contributed by atoms with Gasteiger partial charge in [-0.15, -0.1) is 0 Å². The maximum absolute atomic E-state index is 12.2. The van der Waals surface area contributed by atoms with Gasteiger partial charge in [-0.1, -0.05) is 13.0 Å². The predicted octanol–water partition coefficient (Wildman–Crippen LogP) is 2.25. The van der Waals surface area contributed by atoms with Gasteiger partial charge in [-0.2, -0.15) is 5.10 Å². The second kappa shape index (κ2) is 4.85. The molecule has 0 spiro atoms. The minimum atomic E-state index is -0.131. The molecule has 0 aliphatic carbocycles. The maximum Gasteiger partial charge on any atom is 0.256 e. The van der Waals surface area contributed by atoms with Gasteiger partial charge in [-0.25, -0.2) is 0 Å². The Morgan fingerprint density at radius 1 is 1.42 bits per heavy atom. The molecule has 1 aromatic carbocycles. The van der Waals surface area contributed by atoms with Crippen LogP contribution in [0.1, 0.15) is 34.0 Å². The minimum Gasteiger partial charge on any atom is -0.372 e. The van der Waals surface area contributed by atoms with Gasteiger partial charge in [-0.3, -0.25) is 9.89 Å². The number of anilines is 1. The molecule has 2 N–H and O–H groups in total. The van der Waals surface area contributed by atoms with E-state index in [1.807, 2.05) is 25.1 Å². The van der Waals surface area contributed by atoms with Gasteiger partial charge in [0.15, 0.2) is 0 Å². The molecule has 0 saturated carbocycles. The van der Waals surface area contributed by atoms with Gasteiger partial charge in [0.05, 0.1) is 19.4 Å². The molecule has 5 nitrogen and oxygen atoms in total. The van der Waals surface area contributed by atoms with E-state index in [0.717, 1.165) is 23.1 Å². The molecule has 1 aromatic heterocycles. The number of H-pyrrole nitrogens is 1. The highest BCUT2D eigenvalue weighted by Gasteiger charge is 2.15. The number of fused-ring (bicyclic) bond motifs is 1. The van der Waals surface area contributed by atoms with Crippen LogP contribution < -0.4 is 5.32 Å². The molecular weight excluding hydrogens is 242 g/mol. The van der Waals surface area contributed by atoms with Crippen molar-refractivity contribution in [1.82, 2.24) is 10.2 Å². The first-order chi connectivity index (χ1) is 9.28. The van der Waals surface area contributed by atoms with Gasteiger partial charge in [0.2, 0.25) is 0 Å². The summed E-state index contributed by atoms with van der Waals surface area (Å²) in [4.78, 5) is 12.2. The summed E-state index contributed by atoms with van der Waals surface area (Å²) in [7, 11) is 0. The van der Waals surface area contributed by atoms with Crippen LogP contribution in [0.3, 0.4) is 0 Å². The van der Waals surface area contributed by atoms with Crippen LogP contribution in [0, 0.1) is 0 Å². The molecule has 0 radical (unpaired) electrons. The molecule has 1 aliphatic heterocycles. The summed E-state index contributed by atoms with van der Waals surface area (Å²) >= 11 is 0. The number of rotatable bonds is 3. The van der Waals surface area contributed by atoms with Gasteiger partial charge in [0.25, 0.3) is 5.91 Å². The highest BCUT2D eigenvalue weighted by molar-refractivity contribution is 6.04. The second-order valence-corrected chi connectivity index (χ2v) is 4.55. The smallest absolute Gasteiger partial charge is 0.256 e. The number of nitrogens with one attached hydrogen (secondary N) is 2. The SMILES string of the molecule is CCc1cn[nH]c1NC(=O)c1ccc2c(c1)COC2. The first kappa shape index (κ1) is 11.9. The van der Waals surface area contributed by atoms with Crippen LogP contribution >= 0.6 is 0 Å². The van der Waals surface area contributed by atoms with E-state index in [1.54, 1.807) is 6.20 Å². The first-order valence-corrected chi connectivity index (χ1v) is 6.31. The summed E-state index contributed by atoms with van der Waals surface area (Å²) in [5.74, 6) is 0.540. The topological polar surface area (TPSA) is 67.0 Å². The van der Waals surface area contributed by atoms with Crippen LogP contribution in [0.4, 0.5) is 5.82 Å². The molecule has 98 valence electrons. The highest BCUT2D eigenvalue weighted by atomic mass is 16.5. The van der Waals surface area contributed by atoms with Crippen LogP contribution in [-0.4, -0.2) is 16.1 Å². The lowest BCUT2D eigenvalue weighted by molar-refractivity contribution is 0.102. The fourth-order valence-corrected chi connectivity index (χ4v) is 2.19. The lowest BCUT2D eigenvalue weighted by Crippen LogP contribution is -2.13. The number of hydrogen-bond donors (Lipinski definition) is 2. The van der Waals surface area contributed by atoms with Crippen LogP contribution in [0.15, 0.2) is 24.4 Å². The van der Waals surface area contributed by atoms with Crippen molar-refractivity contribution >= 4 is 11.7 Å². The zero-order chi connectivity index (χ0) is 13.2. The largest absolute Gasteiger partial charge is 0.372 e. The lowest BCUT2D eigenvalue weighted by atomic mass is 10.1. The number of nitrogens with zero attached hydrogens (tertiary/aromatic N) is 1. The van der Waals surface area contributed by atoms with E-state index in [1.165, 1.54) is 0 Å². The van der Waals surface area contributed by atoms with E-state index in [4.69, 9.17) is 4.74 Å². The summed E-state index contributed by atoms with van der Waals surface area (Å²) in [6.45, 7) is 3.24. The molecule has 0 atom stereocenters. The quantitative estimate of drug-likeness (QED) is 0.886. The third-order valence-electron chi connectivity index (χ3n) is 3.32. The normalized spacial score (nSPS) is 13.3.